The van der Waals surface area contributed by atoms with Gasteiger partial charge in [0.25, 0.3) is 10.1 Å². The predicted molar refractivity (Wildman–Crippen MR) is 96.8 cm³/mol. The van der Waals surface area contributed by atoms with Gasteiger partial charge in [-0.15, -0.1) is 0 Å². The Morgan fingerprint density at radius 2 is 1.64 bits per heavy atom. The summed E-state index contributed by atoms with van der Waals surface area (Å²) in [6, 6.07) is 6.47. The summed E-state index contributed by atoms with van der Waals surface area (Å²) >= 11 is 0. The number of hydrogen-bond acceptors (Lipinski definition) is 8. The van der Waals surface area contributed by atoms with Crippen LogP contribution < -0.4 is 0 Å². The molecule has 1 aromatic rings. The van der Waals surface area contributed by atoms with Gasteiger partial charge >= 0.3 is 0 Å². The van der Waals surface area contributed by atoms with E-state index in [0.717, 1.165) is 5.56 Å². The lowest BCUT2D eigenvalue weighted by Crippen LogP contribution is -2.45. The Morgan fingerprint density at radius 1 is 0.964 bits per heavy atom. The van der Waals surface area contributed by atoms with Gasteiger partial charge in [0.2, 0.25) is 0 Å². The van der Waals surface area contributed by atoms with Gasteiger partial charge in [-0.1, -0.05) is 17.7 Å². The number of rotatable bonds is 4. The Kier molecular flexibility index (Phi) is 4.86. The van der Waals surface area contributed by atoms with Crippen LogP contribution in [-0.4, -0.2) is 57.3 Å². The molecule has 156 valence electrons. The first-order valence-corrected chi connectivity index (χ1v) is 10.7. The fourth-order valence-electron chi connectivity index (χ4n) is 3.70. The summed E-state index contributed by atoms with van der Waals surface area (Å²) in [6.45, 7) is 9.20. The zero-order valence-corrected chi connectivity index (χ0v) is 17.4. The maximum atomic E-state index is 12.9. The second kappa shape index (κ2) is 6.73. The predicted octanol–water partition coefficient (Wildman–Crippen LogP) is 2.10. The minimum absolute atomic E-state index is 0.0717. The van der Waals surface area contributed by atoms with Gasteiger partial charge in [-0.05, 0) is 46.8 Å². The molecule has 0 N–H and O–H groups in total. The first-order chi connectivity index (χ1) is 13.0. The Bertz CT molecular complexity index is 832. The highest BCUT2D eigenvalue weighted by Crippen LogP contribution is 2.42. The Morgan fingerprint density at radius 3 is 2.25 bits per heavy atom. The molecule has 3 heterocycles. The molecular formula is C19H26O8S. The number of ether oxygens (including phenoxy) is 5. The van der Waals surface area contributed by atoms with Crippen LogP contribution in [0.3, 0.4) is 0 Å². The zero-order chi connectivity index (χ0) is 20.3. The maximum absolute atomic E-state index is 12.9. The number of fused-ring (bicyclic) bond motifs is 1. The number of aryl methyl sites for hydroxylation is 1. The van der Waals surface area contributed by atoms with Gasteiger partial charge in [-0.25, -0.2) is 0 Å². The highest BCUT2D eigenvalue weighted by molar-refractivity contribution is 7.86. The molecule has 5 atom stereocenters. The van der Waals surface area contributed by atoms with E-state index in [4.69, 9.17) is 27.9 Å². The summed E-state index contributed by atoms with van der Waals surface area (Å²) in [7, 11) is -4.04. The molecule has 3 saturated heterocycles. The van der Waals surface area contributed by atoms with Gasteiger partial charge in [-0.3, -0.25) is 4.18 Å². The molecule has 0 unspecified atom stereocenters. The Balaban J connectivity index is 1.61. The van der Waals surface area contributed by atoms with Crippen LogP contribution in [-0.2, 0) is 38.0 Å². The fourth-order valence-corrected chi connectivity index (χ4v) is 4.79. The van der Waals surface area contributed by atoms with Crippen LogP contribution in [0.5, 0.6) is 0 Å². The molecule has 3 fully saturated rings. The first-order valence-electron chi connectivity index (χ1n) is 9.29. The molecule has 0 spiro atoms. The SMILES string of the molecule is Cc1ccc(S(=O)(=O)O[C@H]2[C@H]3OC(C)(C)O[C@@H]3O[C@@H]2[C@@H]2COC(C)(C)O2)cc1. The molecule has 0 saturated carbocycles. The van der Waals surface area contributed by atoms with Crippen molar-refractivity contribution < 1.29 is 36.3 Å². The van der Waals surface area contributed by atoms with E-state index in [9.17, 15) is 8.42 Å². The van der Waals surface area contributed by atoms with E-state index in [-0.39, 0.29) is 11.5 Å². The fraction of sp³-hybridized carbons (Fsp3) is 0.684. The number of hydrogen-bond donors (Lipinski definition) is 0. The summed E-state index contributed by atoms with van der Waals surface area (Å²) in [4.78, 5) is 0.0717. The minimum atomic E-state index is -4.04. The summed E-state index contributed by atoms with van der Waals surface area (Å²) in [6.07, 6.45) is -3.60. The van der Waals surface area contributed by atoms with E-state index in [2.05, 4.69) is 0 Å². The number of benzene rings is 1. The molecule has 8 nitrogen and oxygen atoms in total. The van der Waals surface area contributed by atoms with Crippen molar-refractivity contribution in [2.75, 3.05) is 6.61 Å². The Hall–Kier alpha value is -1.07. The molecule has 0 radical (unpaired) electrons. The second-order valence-corrected chi connectivity index (χ2v) is 9.84. The maximum Gasteiger partial charge on any atom is 0.297 e. The molecule has 9 heteroatoms. The van der Waals surface area contributed by atoms with E-state index in [1.807, 2.05) is 6.92 Å². The van der Waals surface area contributed by atoms with E-state index >= 15 is 0 Å². The third kappa shape index (κ3) is 3.85. The average Bonchev–Trinajstić information content (AvgIpc) is 3.18. The van der Waals surface area contributed by atoms with Crippen molar-refractivity contribution in [2.45, 2.75) is 81.8 Å². The first kappa shape index (κ1) is 20.2. The normalized spacial score (nSPS) is 36.5. The molecule has 4 rings (SSSR count). The van der Waals surface area contributed by atoms with Crippen LogP contribution in [0.1, 0.15) is 33.3 Å². The van der Waals surface area contributed by atoms with Crippen molar-refractivity contribution in [1.29, 1.82) is 0 Å². The van der Waals surface area contributed by atoms with Gasteiger partial charge in [0, 0.05) is 0 Å². The van der Waals surface area contributed by atoms with Gasteiger partial charge < -0.3 is 23.7 Å². The van der Waals surface area contributed by atoms with Crippen LogP contribution in [0, 0.1) is 6.92 Å². The summed E-state index contributed by atoms with van der Waals surface area (Å²) in [5.41, 5.74) is 0.953. The summed E-state index contributed by atoms with van der Waals surface area (Å²) in [5, 5.41) is 0. The second-order valence-electron chi connectivity index (χ2n) is 8.26. The van der Waals surface area contributed by atoms with Crippen molar-refractivity contribution in [1.82, 2.24) is 0 Å². The molecule has 0 aliphatic carbocycles. The monoisotopic (exact) mass is 414 g/mol. The molecule has 0 amide bonds. The van der Waals surface area contributed by atoms with E-state index in [1.54, 1.807) is 39.8 Å². The summed E-state index contributed by atoms with van der Waals surface area (Å²) < 4.78 is 60.5. The van der Waals surface area contributed by atoms with Crippen LogP contribution in [0.15, 0.2) is 29.2 Å². The molecule has 0 aromatic heterocycles. The molecular weight excluding hydrogens is 388 g/mol. The largest absolute Gasteiger partial charge is 0.348 e. The molecule has 0 bridgehead atoms. The zero-order valence-electron chi connectivity index (χ0n) is 16.6. The quantitative estimate of drug-likeness (QED) is 0.692. The van der Waals surface area contributed by atoms with Gasteiger partial charge in [0.05, 0.1) is 11.5 Å². The van der Waals surface area contributed by atoms with Gasteiger partial charge in [0.15, 0.2) is 17.9 Å². The lowest BCUT2D eigenvalue weighted by molar-refractivity contribution is -0.230. The van der Waals surface area contributed by atoms with Crippen LogP contribution in [0.2, 0.25) is 0 Å². The lowest BCUT2D eigenvalue weighted by Gasteiger charge is -2.28. The highest BCUT2D eigenvalue weighted by atomic mass is 32.2. The van der Waals surface area contributed by atoms with E-state index < -0.39 is 52.4 Å². The highest BCUT2D eigenvalue weighted by Gasteiger charge is 2.60. The summed E-state index contributed by atoms with van der Waals surface area (Å²) in [5.74, 6) is -1.69. The van der Waals surface area contributed by atoms with Crippen LogP contribution in [0.4, 0.5) is 0 Å². The third-order valence-corrected chi connectivity index (χ3v) is 6.30. The van der Waals surface area contributed by atoms with Crippen molar-refractivity contribution >= 4 is 10.1 Å². The van der Waals surface area contributed by atoms with Crippen molar-refractivity contribution in [3.63, 3.8) is 0 Å². The standard InChI is InChI=1S/C19H26O8S/c1-11-6-8-12(9-7-11)28(20,21)27-15-14(13-10-22-18(2,3)24-13)23-17-16(15)25-19(4,5)26-17/h6-9,13-17H,10H2,1-5H3/t13-,14+,15+,16+,17-/m0/s1. The Labute approximate surface area is 165 Å². The molecule has 3 aliphatic rings. The molecule has 28 heavy (non-hydrogen) atoms. The van der Waals surface area contributed by atoms with E-state index in [0.29, 0.717) is 0 Å². The molecule has 1 aromatic carbocycles. The molecule has 3 aliphatic heterocycles. The third-order valence-electron chi connectivity index (χ3n) is 4.97. The van der Waals surface area contributed by atoms with E-state index in [1.165, 1.54) is 12.1 Å². The van der Waals surface area contributed by atoms with Crippen molar-refractivity contribution in [3.05, 3.63) is 29.8 Å². The van der Waals surface area contributed by atoms with Crippen LogP contribution in [0.25, 0.3) is 0 Å². The topological polar surface area (TPSA) is 89.5 Å². The lowest BCUT2D eigenvalue weighted by atomic mass is 10.1. The average molecular weight is 414 g/mol. The van der Waals surface area contributed by atoms with Crippen molar-refractivity contribution in [3.8, 4) is 0 Å². The van der Waals surface area contributed by atoms with Crippen molar-refractivity contribution in [2.24, 2.45) is 0 Å². The smallest absolute Gasteiger partial charge is 0.297 e. The minimum Gasteiger partial charge on any atom is -0.348 e. The van der Waals surface area contributed by atoms with Gasteiger partial charge in [-0.2, -0.15) is 8.42 Å². The van der Waals surface area contributed by atoms with Crippen LogP contribution >= 0.6 is 0 Å². The van der Waals surface area contributed by atoms with Gasteiger partial charge in [0.1, 0.15) is 24.4 Å².